The van der Waals surface area contributed by atoms with Crippen molar-refractivity contribution in [1.29, 1.82) is 0 Å². The summed E-state index contributed by atoms with van der Waals surface area (Å²) in [4.78, 5) is 25.6. The van der Waals surface area contributed by atoms with E-state index in [1.165, 1.54) is 4.57 Å². The maximum atomic E-state index is 11.7. The number of aromatic amines is 1. The van der Waals surface area contributed by atoms with Gasteiger partial charge in [-0.2, -0.15) is 0 Å². The van der Waals surface area contributed by atoms with Crippen molar-refractivity contribution in [1.82, 2.24) is 24.5 Å². The molecule has 0 aliphatic rings. The van der Waals surface area contributed by atoms with Crippen molar-refractivity contribution in [2.24, 2.45) is 0 Å². The van der Waals surface area contributed by atoms with Crippen LogP contribution in [0.3, 0.4) is 0 Å². The quantitative estimate of drug-likeness (QED) is 0.833. The summed E-state index contributed by atoms with van der Waals surface area (Å²) in [5.41, 5.74) is 0.571. The highest BCUT2D eigenvalue weighted by Crippen LogP contribution is 2.06. The van der Waals surface area contributed by atoms with Gasteiger partial charge in [-0.05, 0) is 12.8 Å². The second-order valence-corrected chi connectivity index (χ2v) is 4.51. The fourth-order valence-electron chi connectivity index (χ4n) is 1.66. The van der Waals surface area contributed by atoms with Gasteiger partial charge in [-0.25, -0.2) is 9.48 Å². The molecule has 7 heteroatoms. The Kier molecular flexibility index (Phi) is 3.14. The number of aromatic nitrogens is 5. The van der Waals surface area contributed by atoms with Crippen LogP contribution in [0.5, 0.6) is 0 Å². The van der Waals surface area contributed by atoms with Crippen molar-refractivity contribution in [2.45, 2.75) is 33.4 Å². The van der Waals surface area contributed by atoms with Crippen LogP contribution >= 0.6 is 0 Å². The minimum atomic E-state index is -0.447. The first kappa shape index (κ1) is 12.3. The van der Waals surface area contributed by atoms with Crippen LogP contribution in [0, 0.1) is 6.92 Å². The van der Waals surface area contributed by atoms with Gasteiger partial charge >= 0.3 is 5.69 Å². The Bertz CT molecular complexity index is 665. The smallest absolute Gasteiger partial charge is 0.280 e. The molecule has 0 radical (unpaired) electrons. The molecule has 0 aliphatic carbocycles. The number of hydrogen-bond donors (Lipinski definition) is 1. The van der Waals surface area contributed by atoms with E-state index in [-0.39, 0.29) is 18.1 Å². The van der Waals surface area contributed by atoms with Crippen molar-refractivity contribution in [3.8, 4) is 0 Å². The van der Waals surface area contributed by atoms with Gasteiger partial charge < -0.3 is 0 Å². The van der Waals surface area contributed by atoms with Gasteiger partial charge in [-0.1, -0.05) is 19.1 Å². The molecule has 2 rings (SSSR count). The summed E-state index contributed by atoms with van der Waals surface area (Å²) < 4.78 is 2.95. The van der Waals surface area contributed by atoms with Crippen LogP contribution in [-0.4, -0.2) is 24.5 Å². The van der Waals surface area contributed by atoms with Crippen LogP contribution in [0.1, 0.15) is 31.0 Å². The molecule has 0 aromatic carbocycles. The van der Waals surface area contributed by atoms with Crippen LogP contribution in [-0.2, 0) is 6.67 Å². The first-order valence-electron chi connectivity index (χ1n) is 5.68. The number of rotatable bonds is 3. The summed E-state index contributed by atoms with van der Waals surface area (Å²) in [7, 11) is 0. The predicted octanol–water partition coefficient (Wildman–Crippen LogP) is 0.0657. The minimum absolute atomic E-state index is 0.0538. The summed E-state index contributed by atoms with van der Waals surface area (Å²) >= 11 is 0. The largest absolute Gasteiger partial charge is 0.329 e. The highest BCUT2D eigenvalue weighted by atomic mass is 16.2. The van der Waals surface area contributed by atoms with E-state index in [9.17, 15) is 9.59 Å². The Morgan fingerprint density at radius 2 is 2.06 bits per heavy atom. The zero-order chi connectivity index (χ0) is 13.3. The number of hydrogen-bond acceptors (Lipinski definition) is 4. The third-order valence-electron chi connectivity index (χ3n) is 2.61. The SMILES string of the molecule is Cc1cn(Cn2cc(C(C)C)c(=O)[nH]c2=O)nn1. The molecule has 2 aromatic heterocycles. The minimum Gasteiger partial charge on any atom is -0.280 e. The Morgan fingerprint density at radius 3 is 2.61 bits per heavy atom. The summed E-state index contributed by atoms with van der Waals surface area (Å²) in [5.74, 6) is 0.0538. The first-order valence-corrected chi connectivity index (χ1v) is 5.68. The monoisotopic (exact) mass is 249 g/mol. The van der Waals surface area contributed by atoms with Gasteiger partial charge in [-0.15, -0.1) is 5.10 Å². The summed E-state index contributed by atoms with van der Waals surface area (Å²) in [6.45, 7) is 5.85. The van der Waals surface area contributed by atoms with Crippen molar-refractivity contribution >= 4 is 0 Å². The maximum Gasteiger partial charge on any atom is 0.329 e. The van der Waals surface area contributed by atoms with Crippen molar-refractivity contribution in [2.75, 3.05) is 0 Å². The highest BCUT2D eigenvalue weighted by Gasteiger charge is 2.08. The summed E-state index contributed by atoms with van der Waals surface area (Å²) in [5, 5.41) is 7.71. The van der Waals surface area contributed by atoms with Crippen molar-refractivity contribution in [3.63, 3.8) is 0 Å². The Labute approximate surface area is 103 Å². The van der Waals surface area contributed by atoms with E-state index in [1.54, 1.807) is 17.1 Å². The van der Waals surface area contributed by atoms with Crippen molar-refractivity contribution < 1.29 is 0 Å². The molecule has 2 aromatic rings. The second-order valence-electron chi connectivity index (χ2n) is 4.51. The average Bonchev–Trinajstić information content (AvgIpc) is 2.67. The van der Waals surface area contributed by atoms with Gasteiger partial charge in [0.25, 0.3) is 5.56 Å². The van der Waals surface area contributed by atoms with Gasteiger partial charge in [0.05, 0.1) is 11.9 Å². The molecule has 96 valence electrons. The number of nitrogens with zero attached hydrogens (tertiary/aromatic N) is 4. The molecule has 0 saturated carbocycles. The highest BCUT2D eigenvalue weighted by molar-refractivity contribution is 5.09. The third-order valence-corrected chi connectivity index (χ3v) is 2.61. The van der Waals surface area contributed by atoms with Gasteiger partial charge in [0.15, 0.2) is 0 Å². The molecule has 0 spiro atoms. The normalized spacial score (nSPS) is 11.1. The molecule has 0 amide bonds. The van der Waals surface area contributed by atoms with Gasteiger partial charge in [0.1, 0.15) is 6.67 Å². The van der Waals surface area contributed by atoms with E-state index < -0.39 is 5.69 Å². The fourth-order valence-corrected chi connectivity index (χ4v) is 1.66. The summed E-state index contributed by atoms with van der Waals surface area (Å²) in [6, 6.07) is 0. The van der Waals surface area contributed by atoms with Crippen LogP contribution in [0.2, 0.25) is 0 Å². The molecule has 0 fully saturated rings. The Balaban J connectivity index is 2.42. The van der Waals surface area contributed by atoms with Crippen LogP contribution in [0.15, 0.2) is 22.0 Å². The van der Waals surface area contributed by atoms with Crippen LogP contribution in [0.4, 0.5) is 0 Å². The lowest BCUT2D eigenvalue weighted by Gasteiger charge is -2.09. The molecule has 7 nitrogen and oxygen atoms in total. The lowest BCUT2D eigenvalue weighted by atomic mass is 10.1. The first-order chi connectivity index (χ1) is 8.47. The topological polar surface area (TPSA) is 85.6 Å². The standard InChI is InChI=1S/C11H15N5O2/c1-7(2)9-5-15(11(18)12-10(9)17)6-16-4-8(3)13-14-16/h4-5,7H,6H2,1-3H3,(H,12,17,18). The zero-order valence-corrected chi connectivity index (χ0v) is 10.5. The Hall–Kier alpha value is -2.18. The molecule has 0 unspecified atom stereocenters. The Morgan fingerprint density at radius 1 is 1.33 bits per heavy atom. The van der Waals surface area contributed by atoms with Crippen molar-refractivity contribution in [3.05, 3.63) is 44.5 Å². The second kappa shape index (κ2) is 4.59. The molecule has 0 bridgehead atoms. The maximum absolute atomic E-state index is 11.7. The van der Waals surface area contributed by atoms with E-state index in [0.29, 0.717) is 5.56 Å². The van der Waals surface area contributed by atoms with Crippen LogP contribution < -0.4 is 11.2 Å². The molecule has 0 atom stereocenters. The van der Waals surface area contributed by atoms with Gasteiger partial charge in [0.2, 0.25) is 0 Å². The zero-order valence-electron chi connectivity index (χ0n) is 10.5. The van der Waals surface area contributed by atoms with E-state index >= 15 is 0 Å². The van der Waals surface area contributed by atoms with Gasteiger partial charge in [0, 0.05) is 11.8 Å². The molecular weight excluding hydrogens is 234 g/mol. The molecule has 0 saturated heterocycles. The molecule has 0 aliphatic heterocycles. The lowest BCUT2D eigenvalue weighted by Crippen LogP contribution is -2.33. The number of aryl methyl sites for hydroxylation is 1. The molecule has 1 N–H and O–H groups in total. The molecular formula is C11H15N5O2. The van der Waals surface area contributed by atoms with E-state index in [1.807, 2.05) is 20.8 Å². The number of nitrogens with one attached hydrogen (secondary N) is 1. The van der Waals surface area contributed by atoms with Crippen LogP contribution in [0.25, 0.3) is 0 Å². The van der Waals surface area contributed by atoms with E-state index in [0.717, 1.165) is 5.69 Å². The third kappa shape index (κ3) is 2.39. The number of H-pyrrole nitrogens is 1. The molecule has 18 heavy (non-hydrogen) atoms. The lowest BCUT2D eigenvalue weighted by molar-refractivity contribution is 0.504. The fraction of sp³-hybridized carbons (Fsp3) is 0.455. The summed E-state index contributed by atoms with van der Waals surface area (Å²) in [6.07, 6.45) is 3.30. The predicted molar refractivity (Wildman–Crippen MR) is 65.6 cm³/mol. The van der Waals surface area contributed by atoms with E-state index in [4.69, 9.17) is 0 Å². The van der Waals surface area contributed by atoms with Gasteiger partial charge in [-0.3, -0.25) is 14.3 Å². The van der Waals surface area contributed by atoms with E-state index in [2.05, 4.69) is 15.3 Å². The average molecular weight is 249 g/mol. The molecule has 2 heterocycles.